The Bertz CT molecular complexity index is 309. The van der Waals surface area contributed by atoms with Gasteiger partial charge in [0.05, 0.1) is 12.4 Å². The molecule has 10 heavy (non-hydrogen) atoms. The van der Waals surface area contributed by atoms with Crippen LogP contribution in [0.1, 0.15) is 0 Å². The van der Waals surface area contributed by atoms with Crippen molar-refractivity contribution in [3.05, 3.63) is 11.6 Å². The Kier molecular flexibility index (Phi) is 0.887. The molecule has 0 saturated carbocycles. The number of hydrogen-bond acceptors (Lipinski definition) is 4. The molecule has 0 aromatic rings. The lowest BCUT2D eigenvalue weighted by atomic mass is 10.2. The van der Waals surface area contributed by atoms with E-state index in [1.54, 1.807) is 0 Å². The third-order valence-electron chi connectivity index (χ3n) is 1.22. The number of carbonyl (C=O) groups excluding carboxylic acids is 1. The molecule has 4 nitrogen and oxygen atoms in total. The Morgan fingerprint density at radius 2 is 2.20 bits per heavy atom. The number of hydrogen-bond donors (Lipinski definition) is 0. The van der Waals surface area contributed by atoms with E-state index in [1.807, 2.05) is 0 Å². The fraction of sp³-hybridized carbons (Fsp3) is 0. The van der Waals surface area contributed by atoms with Gasteiger partial charge < -0.3 is 0 Å². The highest BCUT2D eigenvalue weighted by Crippen LogP contribution is 2.07. The van der Waals surface area contributed by atoms with Gasteiger partial charge in [0.25, 0.3) is 0 Å². The SMILES string of the molecule is O=C1C=NC2=NN=CC2=C1. The van der Waals surface area contributed by atoms with Gasteiger partial charge in [0.15, 0.2) is 11.6 Å². The first kappa shape index (κ1) is 5.22. The number of allylic oxidation sites excluding steroid dienone is 1. The van der Waals surface area contributed by atoms with E-state index >= 15 is 0 Å². The molecule has 2 aliphatic heterocycles. The van der Waals surface area contributed by atoms with Gasteiger partial charge in [0.2, 0.25) is 0 Å². The molecule has 0 saturated heterocycles. The van der Waals surface area contributed by atoms with Crippen LogP contribution < -0.4 is 0 Å². The van der Waals surface area contributed by atoms with E-state index in [9.17, 15) is 4.79 Å². The molecular formula is C6H3N3O. The van der Waals surface area contributed by atoms with Gasteiger partial charge in [-0.25, -0.2) is 4.99 Å². The zero-order chi connectivity index (χ0) is 6.97. The fourth-order valence-corrected chi connectivity index (χ4v) is 0.779. The second kappa shape index (κ2) is 1.70. The van der Waals surface area contributed by atoms with Gasteiger partial charge in [0, 0.05) is 5.57 Å². The van der Waals surface area contributed by atoms with Gasteiger partial charge >= 0.3 is 0 Å². The lowest BCUT2D eigenvalue weighted by Gasteiger charge is -1.96. The second-order valence-corrected chi connectivity index (χ2v) is 1.93. The average molecular weight is 133 g/mol. The van der Waals surface area contributed by atoms with Crippen LogP contribution in [0.15, 0.2) is 26.8 Å². The van der Waals surface area contributed by atoms with Crippen molar-refractivity contribution in [1.82, 2.24) is 0 Å². The summed E-state index contributed by atoms with van der Waals surface area (Å²) in [5.74, 6) is 0.418. The summed E-state index contributed by atoms with van der Waals surface area (Å²) in [5.41, 5.74) is 0.701. The van der Waals surface area contributed by atoms with E-state index in [-0.39, 0.29) is 5.78 Å². The molecule has 2 aliphatic rings. The van der Waals surface area contributed by atoms with Crippen molar-refractivity contribution >= 4 is 24.0 Å². The van der Waals surface area contributed by atoms with Crippen LogP contribution in [0.2, 0.25) is 0 Å². The lowest BCUT2D eigenvalue weighted by molar-refractivity contribution is -0.108. The fourth-order valence-electron chi connectivity index (χ4n) is 0.779. The predicted octanol–water partition coefficient (Wildman–Crippen LogP) is -0.0358. The van der Waals surface area contributed by atoms with Crippen molar-refractivity contribution in [2.75, 3.05) is 0 Å². The monoisotopic (exact) mass is 133 g/mol. The van der Waals surface area contributed by atoms with Crippen molar-refractivity contribution in [3.63, 3.8) is 0 Å². The van der Waals surface area contributed by atoms with Crippen LogP contribution in [0.3, 0.4) is 0 Å². The van der Waals surface area contributed by atoms with Crippen molar-refractivity contribution in [3.8, 4) is 0 Å². The Morgan fingerprint density at radius 1 is 1.30 bits per heavy atom. The van der Waals surface area contributed by atoms with Crippen LogP contribution in [0.25, 0.3) is 0 Å². The summed E-state index contributed by atoms with van der Waals surface area (Å²) in [6, 6.07) is 0. The normalized spacial score (nSPS) is 20.6. The number of ketones is 1. The summed E-state index contributed by atoms with van der Waals surface area (Å²) in [5, 5.41) is 7.25. The van der Waals surface area contributed by atoms with Gasteiger partial charge in [-0.15, -0.1) is 5.10 Å². The van der Waals surface area contributed by atoms with Gasteiger partial charge in [-0.05, 0) is 6.08 Å². The van der Waals surface area contributed by atoms with E-state index in [1.165, 1.54) is 18.5 Å². The molecule has 0 fully saturated rings. The summed E-state index contributed by atoms with van der Waals surface area (Å²) >= 11 is 0. The highest BCUT2D eigenvalue weighted by molar-refractivity contribution is 6.41. The molecule has 0 aliphatic carbocycles. The molecule has 0 aromatic carbocycles. The maximum atomic E-state index is 10.7. The third kappa shape index (κ3) is 0.621. The van der Waals surface area contributed by atoms with Crippen molar-refractivity contribution in [2.45, 2.75) is 0 Å². The van der Waals surface area contributed by atoms with Gasteiger partial charge in [-0.3, -0.25) is 4.79 Å². The quantitative estimate of drug-likeness (QED) is 0.457. The number of rotatable bonds is 0. The predicted molar refractivity (Wildman–Crippen MR) is 37.5 cm³/mol. The molecule has 0 aromatic heterocycles. The first-order valence-electron chi connectivity index (χ1n) is 2.77. The number of dihydropyridines is 1. The molecule has 2 rings (SSSR count). The number of aliphatic imine (C=N–C) groups is 1. The van der Waals surface area contributed by atoms with Crippen LogP contribution >= 0.6 is 0 Å². The highest BCUT2D eigenvalue weighted by Gasteiger charge is 2.13. The summed E-state index contributed by atoms with van der Waals surface area (Å²) < 4.78 is 0. The third-order valence-corrected chi connectivity index (χ3v) is 1.22. The molecule has 0 atom stereocenters. The lowest BCUT2D eigenvalue weighted by Crippen LogP contribution is -2.09. The largest absolute Gasteiger partial charge is 0.288 e. The van der Waals surface area contributed by atoms with E-state index in [0.29, 0.717) is 11.4 Å². The summed E-state index contributed by atoms with van der Waals surface area (Å²) in [4.78, 5) is 14.4. The number of fused-ring (bicyclic) bond motifs is 1. The first-order chi connectivity index (χ1) is 4.86. The topological polar surface area (TPSA) is 54.1 Å². The molecule has 0 amide bonds. The molecular weight excluding hydrogens is 130 g/mol. The molecule has 2 heterocycles. The molecule has 0 bridgehead atoms. The standard InChI is InChI=1S/C6H3N3O/c10-5-1-4-2-8-9-6(4)7-3-5/h1-3H. The van der Waals surface area contributed by atoms with E-state index in [4.69, 9.17) is 0 Å². The molecule has 0 spiro atoms. The molecule has 0 radical (unpaired) electrons. The average Bonchev–Trinajstić information content (AvgIpc) is 2.33. The van der Waals surface area contributed by atoms with Crippen LogP contribution in [-0.4, -0.2) is 24.0 Å². The van der Waals surface area contributed by atoms with Crippen molar-refractivity contribution in [2.24, 2.45) is 15.2 Å². The second-order valence-electron chi connectivity index (χ2n) is 1.93. The molecule has 0 N–H and O–H groups in total. The summed E-state index contributed by atoms with van der Waals surface area (Å²) in [6.07, 6.45) is 4.21. The van der Waals surface area contributed by atoms with E-state index in [2.05, 4.69) is 15.2 Å². The van der Waals surface area contributed by atoms with E-state index in [0.717, 1.165) is 0 Å². The van der Waals surface area contributed by atoms with Crippen molar-refractivity contribution in [1.29, 1.82) is 0 Å². The maximum absolute atomic E-state index is 10.7. The minimum absolute atomic E-state index is 0.109. The minimum atomic E-state index is -0.109. The smallest absolute Gasteiger partial charge is 0.197 e. The molecule has 0 unspecified atom stereocenters. The Hall–Kier alpha value is -1.58. The molecule has 4 heteroatoms. The van der Waals surface area contributed by atoms with Crippen LogP contribution in [0, 0.1) is 0 Å². The van der Waals surface area contributed by atoms with Crippen LogP contribution in [0.5, 0.6) is 0 Å². The first-order valence-corrected chi connectivity index (χ1v) is 2.77. The number of amidine groups is 1. The zero-order valence-corrected chi connectivity index (χ0v) is 4.98. The molecule has 48 valence electrons. The number of carbonyl (C=O) groups is 1. The summed E-state index contributed by atoms with van der Waals surface area (Å²) in [7, 11) is 0. The summed E-state index contributed by atoms with van der Waals surface area (Å²) in [6.45, 7) is 0. The minimum Gasteiger partial charge on any atom is -0.288 e. The van der Waals surface area contributed by atoms with E-state index < -0.39 is 0 Å². The van der Waals surface area contributed by atoms with Gasteiger partial charge in [-0.1, -0.05) is 0 Å². The van der Waals surface area contributed by atoms with Gasteiger partial charge in [-0.2, -0.15) is 5.10 Å². The van der Waals surface area contributed by atoms with Crippen LogP contribution in [-0.2, 0) is 4.79 Å². The Balaban J connectivity index is 2.51. The Labute approximate surface area is 56.7 Å². The zero-order valence-electron chi connectivity index (χ0n) is 4.98. The van der Waals surface area contributed by atoms with Gasteiger partial charge in [0.1, 0.15) is 0 Å². The highest BCUT2D eigenvalue weighted by atomic mass is 16.1. The Morgan fingerprint density at radius 3 is 3.10 bits per heavy atom. The van der Waals surface area contributed by atoms with Crippen LogP contribution in [0.4, 0.5) is 0 Å². The number of nitrogens with zero attached hydrogens (tertiary/aromatic N) is 3. The van der Waals surface area contributed by atoms with Crippen molar-refractivity contribution < 1.29 is 4.79 Å². The maximum Gasteiger partial charge on any atom is 0.197 e.